The Kier molecular flexibility index (Phi) is 5.43. The predicted octanol–water partition coefficient (Wildman–Crippen LogP) is 2.86. The van der Waals surface area contributed by atoms with E-state index in [1.807, 2.05) is 26.0 Å². The average Bonchev–Trinajstić information content (AvgIpc) is 2.36. The Bertz CT molecular complexity index is 396. The van der Waals surface area contributed by atoms with E-state index in [9.17, 15) is 4.79 Å². The molecule has 0 spiro atoms. The maximum Gasteiger partial charge on any atom is 0.194 e. The summed E-state index contributed by atoms with van der Waals surface area (Å²) in [6.07, 6.45) is 0. The first-order chi connectivity index (χ1) is 8.20. The number of ether oxygens (including phenoxy) is 2. The summed E-state index contributed by atoms with van der Waals surface area (Å²) >= 11 is 0. The third-order valence-electron chi connectivity index (χ3n) is 2.23. The van der Waals surface area contributed by atoms with Crippen LogP contribution in [0.3, 0.4) is 0 Å². The van der Waals surface area contributed by atoms with E-state index in [-0.39, 0.29) is 12.4 Å². The summed E-state index contributed by atoms with van der Waals surface area (Å²) in [6, 6.07) is 7.17. The molecule has 0 aromatic heterocycles. The van der Waals surface area contributed by atoms with Crippen LogP contribution in [0.5, 0.6) is 5.75 Å². The minimum Gasteiger partial charge on any atom is -0.493 e. The van der Waals surface area contributed by atoms with Crippen molar-refractivity contribution in [3.05, 3.63) is 42.0 Å². The van der Waals surface area contributed by atoms with Crippen LogP contribution < -0.4 is 4.74 Å². The maximum atomic E-state index is 12.1. The lowest BCUT2D eigenvalue weighted by molar-refractivity contribution is 0.0988. The normalized spacial score (nSPS) is 10.0. The van der Waals surface area contributed by atoms with Crippen LogP contribution in [0, 0.1) is 0 Å². The van der Waals surface area contributed by atoms with Gasteiger partial charge in [0.05, 0.1) is 18.8 Å². The summed E-state index contributed by atoms with van der Waals surface area (Å²) in [5.41, 5.74) is 0.984. The molecule has 0 radical (unpaired) electrons. The minimum atomic E-state index is -0.123. The van der Waals surface area contributed by atoms with Crippen molar-refractivity contribution in [1.82, 2.24) is 0 Å². The molecular weight excluding hydrogens is 216 g/mol. The smallest absolute Gasteiger partial charge is 0.194 e. The summed E-state index contributed by atoms with van der Waals surface area (Å²) in [5, 5.41) is 0. The van der Waals surface area contributed by atoms with Gasteiger partial charge in [0.15, 0.2) is 5.78 Å². The van der Waals surface area contributed by atoms with Gasteiger partial charge < -0.3 is 9.47 Å². The molecule has 1 aromatic rings. The van der Waals surface area contributed by atoms with Crippen LogP contribution in [-0.2, 0) is 4.74 Å². The molecule has 1 rings (SSSR count). The summed E-state index contributed by atoms with van der Waals surface area (Å²) < 4.78 is 10.6. The summed E-state index contributed by atoms with van der Waals surface area (Å²) in [4.78, 5) is 12.1. The number of rotatable bonds is 7. The molecule has 0 aliphatic carbocycles. The van der Waals surface area contributed by atoms with Crippen molar-refractivity contribution in [2.75, 3.05) is 19.8 Å². The Morgan fingerprint density at radius 2 is 1.94 bits per heavy atom. The maximum absolute atomic E-state index is 12.1. The first kappa shape index (κ1) is 13.5. The number of Topliss-reactive ketones (excluding diaryl/α,β-unsaturated/α-hetero) is 1. The van der Waals surface area contributed by atoms with E-state index in [0.717, 1.165) is 0 Å². The van der Waals surface area contributed by atoms with Crippen LogP contribution >= 0.6 is 0 Å². The molecule has 3 nitrogen and oxygen atoms in total. The second-order valence-electron chi connectivity index (χ2n) is 3.50. The molecule has 92 valence electrons. The van der Waals surface area contributed by atoms with E-state index < -0.39 is 0 Å². The lowest BCUT2D eigenvalue weighted by Gasteiger charge is -2.10. The monoisotopic (exact) mass is 234 g/mol. The Balaban J connectivity index is 2.84. The zero-order valence-electron chi connectivity index (χ0n) is 10.4. The van der Waals surface area contributed by atoms with Gasteiger partial charge in [-0.05, 0) is 26.0 Å². The molecule has 0 heterocycles. The second kappa shape index (κ2) is 6.86. The molecular formula is C14H18O3. The molecule has 3 heteroatoms. The quantitative estimate of drug-likeness (QED) is 0.537. The van der Waals surface area contributed by atoms with Gasteiger partial charge in [0.2, 0.25) is 0 Å². The molecule has 0 aliphatic heterocycles. The van der Waals surface area contributed by atoms with Crippen molar-refractivity contribution in [2.45, 2.75) is 13.8 Å². The fraction of sp³-hybridized carbons (Fsp3) is 0.357. The number of hydrogen-bond acceptors (Lipinski definition) is 3. The van der Waals surface area contributed by atoms with Crippen LogP contribution in [0.25, 0.3) is 0 Å². The van der Waals surface area contributed by atoms with Gasteiger partial charge in [-0.2, -0.15) is 0 Å². The molecule has 17 heavy (non-hydrogen) atoms. The fourth-order valence-electron chi connectivity index (χ4n) is 1.42. The lowest BCUT2D eigenvalue weighted by Crippen LogP contribution is -2.10. The van der Waals surface area contributed by atoms with Gasteiger partial charge in [0.1, 0.15) is 5.75 Å². The zero-order chi connectivity index (χ0) is 12.7. The average molecular weight is 234 g/mol. The Hall–Kier alpha value is -1.61. The van der Waals surface area contributed by atoms with Crippen LogP contribution in [-0.4, -0.2) is 25.6 Å². The summed E-state index contributed by atoms with van der Waals surface area (Å²) in [7, 11) is 0. The first-order valence-electron chi connectivity index (χ1n) is 5.72. The highest BCUT2D eigenvalue weighted by Crippen LogP contribution is 2.20. The van der Waals surface area contributed by atoms with Gasteiger partial charge in [0.25, 0.3) is 0 Å². The van der Waals surface area contributed by atoms with Crippen LogP contribution in [0.15, 0.2) is 36.4 Å². The SMILES string of the molecule is C=C(COCC)C(=O)c1ccccc1OCC. The Labute approximate surface area is 102 Å². The van der Waals surface area contributed by atoms with Crippen molar-refractivity contribution in [1.29, 1.82) is 0 Å². The lowest BCUT2D eigenvalue weighted by atomic mass is 10.0. The predicted molar refractivity (Wildman–Crippen MR) is 67.6 cm³/mol. The molecule has 1 aromatic carbocycles. The highest BCUT2D eigenvalue weighted by molar-refractivity contribution is 6.10. The van der Waals surface area contributed by atoms with E-state index in [1.54, 1.807) is 12.1 Å². The largest absolute Gasteiger partial charge is 0.493 e. The van der Waals surface area contributed by atoms with Gasteiger partial charge in [-0.3, -0.25) is 4.79 Å². The Morgan fingerprint density at radius 1 is 1.24 bits per heavy atom. The summed E-state index contributed by atoms with van der Waals surface area (Å²) in [6.45, 7) is 8.86. The third-order valence-corrected chi connectivity index (χ3v) is 2.23. The zero-order valence-corrected chi connectivity index (χ0v) is 10.4. The molecule has 0 amide bonds. The number of ketones is 1. The molecule has 0 fully saturated rings. The van der Waals surface area contributed by atoms with Crippen molar-refractivity contribution in [3.8, 4) is 5.75 Å². The van der Waals surface area contributed by atoms with Crippen molar-refractivity contribution >= 4 is 5.78 Å². The van der Waals surface area contributed by atoms with Gasteiger partial charge in [0, 0.05) is 12.2 Å². The number of hydrogen-bond donors (Lipinski definition) is 0. The molecule has 0 saturated carbocycles. The van der Waals surface area contributed by atoms with E-state index in [2.05, 4.69) is 6.58 Å². The van der Waals surface area contributed by atoms with Crippen molar-refractivity contribution < 1.29 is 14.3 Å². The number of carbonyl (C=O) groups excluding carboxylic acids is 1. The highest BCUT2D eigenvalue weighted by atomic mass is 16.5. The Morgan fingerprint density at radius 3 is 2.59 bits per heavy atom. The standard InChI is InChI=1S/C14H18O3/c1-4-16-10-11(3)14(15)12-8-6-7-9-13(12)17-5-2/h6-9H,3-5,10H2,1-2H3. The number of para-hydroxylation sites is 1. The minimum absolute atomic E-state index is 0.123. The second-order valence-corrected chi connectivity index (χ2v) is 3.50. The summed E-state index contributed by atoms with van der Waals surface area (Å²) in [5.74, 6) is 0.472. The first-order valence-corrected chi connectivity index (χ1v) is 5.72. The number of benzene rings is 1. The van der Waals surface area contributed by atoms with Crippen LogP contribution in [0.4, 0.5) is 0 Å². The van der Waals surface area contributed by atoms with Gasteiger partial charge >= 0.3 is 0 Å². The molecule has 0 aliphatic rings. The van der Waals surface area contributed by atoms with Crippen LogP contribution in [0.1, 0.15) is 24.2 Å². The highest BCUT2D eigenvalue weighted by Gasteiger charge is 2.14. The van der Waals surface area contributed by atoms with E-state index in [4.69, 9.17) is 9.47 Å². The van der Waals surface area contributed by atoms with Crippen molar-refractivity contribution in [2.24, 2.45) is 0 Å². The molecule has 0 saturated heterocycles. The van der Waals surface area contributed by atoms with E-state index >= 15 is 0 Å². The third kappa shape index (κ3) is 3.71. The van der Waals surface area contributed by atoms with E-state index in [0.29, 0.717) is 30.1 Å². The van der Waals surface area contributed by atoms with Crippen LogP contribution in [0.2, 0.25) is 0 Å². The van der Waals surface area contributed by atoms with Gasteiger partial charge in [-0.15, -0.1) is 0 Å². The molecule has 0 bridgehead atoms. The molecule has 0 unspecified atom stereocenters. The molecule has 0 atom stereocenters. The number of carbonyl (C=O) groups is 1. The van der Waals surface area contributed by atoms with E-state index in [1.165, 1.54) is 0 Å². The molecule has 0 N–H and O–H groups in total. The van der Waals surface area contributed by atoms with Crippen molar-refractivity contribution in [3.63, 3.8) is 0 Å². The topological polar surface area (TPSA) is 35.5 Å². The fourth-order valence-corrected chi connectivity index (χ4v) is 1.42. The van der Waals surface area contributed by atoms with Gasteiger partial charge in [-0.1, -0.05) is 18.7 Å². The van der Waals surface area contributed by atoms with Gasteiger partial charge in [-0.25, -0.2) is 0 Å².